The fourth-order valence-corrected chi connectivity index (χ4v) is 2.41. The van der Waals surface area contributed by atoms with Gasteiger partial charge in [0.2, 0.25) is 5.91 Å². The summed E-state index contributed by atoms with van der Waals surface area (Å²) in [6, 6.07) is 18.3. The molecule has 0 bridgehead atoms. The van der Waals surface area contributed by atoms with Gasteiger partial charge in [0.25, 0.3) is 0 Å². The quantitative estimate of drug-likeness (QED) is 0.780. The van der Waals surface area contributed by atoms with Crippen LogP contribution < -0.4 is 4.90 Å². The number of anilines is 1. The summed E-state index contributed by atoms with van der Waals surface area (Å²) < 4.78 is 0. The number of rotatable bonds is 3. The van der Waals surface area contributed by atoms with Gasteiger partial charge in [0.05, 0.1) is 5.69 Å². The number of para-hydroxylation sites is 1. The van der Waals surface area contributed by atoms with E-state index in [1.54, 1.807) is 4.90 Å². The van der Waals surface area contributed by atoms with Crippen molar-refractivity contribution in [1.29, 1.82) is 0 Å². The number of hydrogen-bond acceptors (Lipinski definition) is 1. The van der Waals surface area contributed by atoms with Gasteiger partial charge >= 0.3 is 0 Å². The van der Waals surface area contributed by atoms with Crippen LogP contribution in [-0.4, -0.2) is 13.0 Å². The number of carbonyl (C=O) groups is 1. The Hall–Kier alpha value is -2.09. The van der Waals surface area contributed by atoms with E-state index < -0.39 is 0 Å². The largest absolute Gasteiger partial charge is 0.315 e. The monoisotopic (exact) mass is 295 g/mol. The van der Waals surface area contributed by atoms with Crippen LogP contribution in [0.5, 0.6) is 0 Å². The maximum atomic E-state index is 12.8. The second-order valence-electron chi connectivity index (χ2n) is 6.87. The summed E-state index contributed by atoms with van der Waals surface area (Å²) >= 11 is 0. The third-order valence-corrected chi connectivity index (χ3v) is 4.35. The van der Waals surface area contributed by atoms with Crippen molar-refractivity contribution in [2.24, 2.45) is 11.3 Å². The molecule has 2 aromatic rings. The standard InChI is InChI=1S/C20H25NO/c1-15(20(2,3)4)19(22)21(5)18-14-10-9-13-17(18)16-11-7-6-8-12-16/h6-15H,1-5H3. The summed E-state index contributed by atoms with van der Waals surface area (Å²) in [5.74, 6) is 0.109. The molecule has 0 aliphatic heterocycles. The Bertz CT molecular complexity index is 640. The van der Waals surface area contributed by atoms with Crippen LogP contribution in [0.4, 0.5) is 5.69 Å². The van der Waals surface area contributed by atoms with Gasteiger partial charge in [-0.15, -0.1) is 0 Å². The lowest BCUT2D eigenvalue weighted by Gasteiger charge is -2.31. The molecule has 1 amide bonds. The zero-order chi connectivity index (χ0) is 16.3. The molecule has 0 saturated heterocycles. The van der Waals surface area contributed by atoms with E-state index >= 15 is 0 Å². The fourth-order valence-electron chi connectivity index (χ4n) is 2.41. The number of carbonyl (C=O) groups excluding carboxylic acids is 1. The molecule has 0 spiro atoms. The highest BCUT2D eigenvalue weighted by molar-refractivity contribution is 5.98. The van der Waals surface area contributed by atoms with E-state index in [2.05, 4.69) is 39.0 Å². The summed E-state index contributed by atoms with van der Waals surface area (Å²) in [6.07, 6.45) is 0. The van der Waals surface area contributed by atoms with Gasteiger partial charge in [-0.1, -0.05) is 76.2 Å². The molecule has 1 unspecified atom stereocenters. The number of nitrogens with zero attached hydrogens (tertiary/aromatic N) is 1. The lowest BCUT2D eigenvalue weighted by molar-refractivity contribution is -0.124. The van der Waals surface area contributed by atoms with E-state index in [4.69, 9.17) is 0 Å². The van der Waals surface area contributed by atoms with Crippen molar-refractivity contribution in [2.45, 2.75) is 27.7 Å². The first-order valence-electron chi connectivity index (χ1n) is 7.74. The van der Waals surface area contributed by atoms with Crippen molar-refractivity contribution in [2.75, 3.05) is 11.9 Å². The van der Waals surface area contributed by atoms with E-state index in [1.165, 1.54) is 0 Å². The first-order valence-corrected chi connectivity index (χ1v) is 7.74. The second kappa shape index (κ2) is 6.35. The predicted molar refractivity (Wildman–Crippen MR) is 93.9 cm³/mol. The van der Waals surface area contributed by atoms with Gasteiger partial charge in [0, 0.05) is 18.5 Å². The average molecular weight is 295 g/mol. The Labute approximate surface area is 133 Å². The van der Waals surface area contributed by atoms with Crippen LogP contribution in [-0.2, 0) is 4.79 Å². The topological polar surface area (TPSA) is 20.3 Å². The van der Waals surface area contributed by atoms with Crippen LogP contribution in [0.25, 0.3) is 11.1 Å². The normalized spacial score (nSPS) is 12.8. The highest BCUT2D eigenvalue weighted by atomic mass is 16.2. The van der Waals surface area contributed by atoms with Gasteiger partial charge in [-0.2, -0.15) is 0 Å². The molecule has 116 valence electrons. The summed E-state index contributed by atoms with van der Waals surface area (Å²) in [5.41, 5.74) is 3.11. The fraction of sp³-hybridized carbons (Fsp3) is 0.350. The summed E-state index contributed by atoms with van der Waals surface area (Å²) in [7, 11) is 1.87. The van der Waals surface area contributed by atoms with Gasteiger partial charge in [-0.3, -0.25) is 4.79 Å². The van der Waals surface area contributed by atoms with Crippen LogP contribution in [0.1, 0.15) is 27.7 Å². The van der Waals surface area contributed by atoms with Crippen molar-refractivity contribution in [3.8, 4) is 11.1 Å². The van der Waals surface area contributed by atoms with Crippen molar-refractivity contribution < 1.29 is 4.79 Å². The zero-order valence-electron chi connectivity index (χ0n) is 14.1. The molecule has 0 radical (unpaired) electrons. The first kappa shape index (κ1) is 16.3. The van der Waals surface area contributed by atoms with Crippen molar-refractivity contribution in [3.63, 3.8) is 0 Å². The third-order valence-electron chi connectivity index (χ3n) is 4.35. The lowest BCUT2D eigenvalue weighted by atomic mass is 9.81. The van der Waals surface area contributed by atoms with E-state index in [-0.39, 0.29) is 17.2 Å². The van der Waals surface area contributed by atoms with Crippen LogP contribution in [0.2, 0.25) is 0 Å². The molecule has 2 heteroatoms. The number of amides is 1. The molecule has 0 aliphatic rings. The van der Waals surface area contributed by atoms with Crippen LogP contribution >= 0.6 is 0 Å². The minimum Gasteiger partial charge on any atom is -0.315 e. The molecule has 2 nitrogen and oxygen atoms in total. The van der Waals surface area contributed by atoms with Crippen LogP contribution in [0.3, 0.4) is 0 Å². The molecule has 1 atom stereocenters. The maximum Gasteiger partial charge on any atom is 0.230 e. The summed E-state index contributed by atoms with van der Waals surface area (Å²) in [5, 5.41) is 0. The van der Waals surface area contributed by atoms with E-state index in [9.17, 15) is 4.79 Å². The Balaban J connectivity index is 2.39. The highest BCUT2D eigenvalue weighted by Gasteiger charge is 2.30. The molecule has 0 aromatic heterocycles. The lowest BCUT2D eigenvalue weighted by Crippen LogP contribution is -2.37. The zero-order valence-corrected chi connectivity index (χ0v) is 14.1. The molecule has 2 rings (SSSR count). The molecule has 0 aliphatic carbocycles. The van der Waals surface area contributed by atoms with Gasteiger partial charge < -0.3 is 4.90 Å². The van der Waals surface area contributed by atoms with Crippen LogP contribution in [0.15, 0.2) is 54.6 Å². The molecule has 0 heterocycles. The molecule has 0 saturated carbocycles. The molecule has 0 N–H and O–H groups in total. The third kappa shape index (κ3) is 3.38. The Morgan fingerprint density at radius 2 is 1.50 bits per heavy atom. The minimum absolute atomic E-state index is 0.0404. The second-order valence-corrected chi connectivity index (χ2v) is 6.87. The van der Waals surface area contributed by atoms with Crippen molar-refractivity contribution in [1.82, 2.24) is 0 Å². The minimum atomic E-state index is -0.0486. The average Bonchev–Trinajstić information content (AvgIpc) is 2.52. The molecular formula is C20H25NO. The van der Waals surface area contributed by atoms with E-state index in [0.29, 0.717) is 0 Å². The van der Waals surface area contributed by atoms with E-state index in [0.717, 1.165) is 16.8 Å². The maximum absolute atomic E-state index is 12.8. The van der Waals surface area contributed by atoms with Crippen LogP contribution in [0, 0.1) is 11.3 Å². The smallest absolute Gasteiger partial charge is 0.230 e. The van der Waals surface area contributed by atoms with E-state index in [1.807, 2.05) is 50.4 Å². The molecule has 2 aromatic carbocycles. The highest BCUT2D eigenvalue weighted by Crippen LogP contribution is 2.33. The van der Waals surface area contributed by atoms with Gasteiger partial charge in [0.1, 0.15) is 0 Å². The van der Waals surface area contributed by atoms with Gasteiger partial charge in [0.15, 0.2) is 0 Å². The Morgan fingerprint density at radius 3 is 2.09 bits per heavy atom. The summed E-state index contributed by atoms with van der Waals surface area (Å²) in [6.45, 7) is 8.31. The van der Waals surface area contributed by atoms with Crippen molar-refractivity contribution in [3.05, 3.63) is 54.6 Å². The Kier molecular flexibility index (Phi) is 4.70. The number of benzene rings is 2. The van der Waals surface area contributed by atoms with Gasteiger partial charge in [-0.05, 0) is 17.0 Å². The number of hydrogen-bond donors (Lipinski definition) is 0. The first-order chi connectivity index (χ1) is 10.3. The molecular weight excluding hydrogens is 270 g/mol. The molecule has 22 heavy (non-hydrogen) atoms. The van der Waals surface area contributed by atoms with Crippen molar-refractivity contribution >= 4 is 11.6 Å². The molecule has 0 fully saturated rings. The van der Waals surface area contributed by atoms with Gasteiger partial charge in [-0.25, -0.2) is 0 Å². The summed E-state index contributed by atoms with van der Waals surface area (Å²) in [4.78, 5) is 14.6. The Morgan fingerprint density at radius 1 is 0.955 bits per heavy atom. The SMILES string of the molecule is CC(C(=O)N(C)c1ccccc1-c1ccccc1)C(C)(C)C. The predicted octanol–water partition coefficient (Wildman–Crippen LogP) is 5.00.